The maximum absolute atomic E-state index is 11.7. The molecule has 0 saturated carbocycles. The van der Waals surface area contributed by atoms with Gasteiger partial charge in [0.25, 0.3) is 0 Å². The highest BCUT2D eigenvalue weighted by Crippen LogP contribution is 2.22. The van der Waals surface area contributed by atoms with Crippen LogP contribution in [-0.2, 0) is 0 Å². The van der Waals surface area contributed by atoms with Crippen LogP contribution in [0.3, 0.4) is 0 Å². The highest BCUT2D eigenvalue weighted by molar-refractivity contribution is 7.14. The average Bonchev–Trinajstić information content (AvgIpc) is 2.74. The van der Waals surface area contributed by atoms with Gasteiger partial charge in [-0.1, -0.05) is 0 Å². The van der Waals surface area contributed by atoms with Crippen molar-refractivity contribution in [3.8, 4) is 0 Å². The van der Waals surface area contributed by atoms with Crippen LogP contribution in [0.1, 0.15) is 24.2 Å². The Bertz CT molecular complexity index is 469. The first-order valence-electron chi connectivity index (χ1n) is 5.77. The monoisotopic (exact) mass is 285 g/mol. The van der Waals surface area contributed by atoms with Crippen LogP contribution in [-0.4, -0.2) is 48.2 Å². The van der Waals surface area contributed by atoms with Gasteiger partial charge in [0.2, 0.25) is 0 Å². The van der Waals surface area contributed by atoms with Crippen molar-refractivity contribution in [2.24, 2.45) is 0 Å². The molecule has 1 aromatic heterocycles. The summed E-state index contributed by atoms with van der Waals surface area (Å²) in [6.45, 7) is 4.46. The fourth-order valence-electron chi connectivity index (χ4n) is 1.18. The molecule has 0 fully saturated rings. The van der Waals surface area contributed by atoms with Gasteiger partial charge in [-0.3, -0.25) is 5.32 Å². The van der Waals surface area contributed by atoms with Gasteiger partial charge in [-0.05, 0) is 39.4 Å². The molecule has 6 nitrogen and oxygen atoms in total. The van der Waals surface area contributed by atoms with Crippen molar-refractivity contribution in [1.29, 1.82) is 0 Å². The van der Waals surface area contributed by atoms with Gasteiger partial charge >= 0.3 is 12.0 Å². The van der Waals surface area contributed by atoms with Crippen LogP contribution in [0.15, 0.2) is 11.4 Å². The van der Waals surface area contributed by atoms with E-state index in [1.54, 1.807) is 5.38 Å². The van der Waals surface area contributed by atoms with Gasteiger partial charge in [-0.2, -0.15) is 0 Å². The number of likely N-dealkylation sites (N-methyl/N-ethyl adjacent to an activating group) is 1. The Kier molecular flexibility index (Phi) is 4.90. The molecule has 19 heavy (non-hydrogen) atoms. The van der Waals surface area contributed by atoms with E-state index in [1.807, 2.05) is 32.8 Å². The lowest BCUT2D eigenvalue weighted by molar-refractivity contribution is 0.0698. The van der Waals surface area contributed by atoms with Crippen LogP contribution in [0.2, 0.25) is 0 Å². The molecule has 3 N–H and O–H groups in total. The quantitative estimate of drug-likeness (QED) is 0.772. The van der Waals surface area contributed by atoms with Crippen LogP contribution >= 0.6 is 11.3 Å². The summed E-state index contributed by atoms with van der Waals surface area (Å²) >= 11 is 1.18. The van der Waals surface area contributed by atoms with E-state index >= 15 is 0 Å². The van der Waals surface area contributed by atoms with Gasteiger partial charge in [0.15, 0.2) is 0 Å². The van der Waals surface area contributed by atoms with Gasteiger partial charge < -0.3 is 15.3 Å². The maximum atomic E-state index is 11.7. The van der Waals surface area contributed by atoms with Crippen LogP contribution in [0.25, 0.3) is 0 Å². The average molecular weight is 285 g/mol. The van der Waals surface area contributed by atoms with E-state index in [9.17, 15) is 9.59 Å². The minimum atomic E-state index is -1.05. The second kappa shape index (κ2) is 6.03. The molecule has 0 aromatic carbocycles. The molecule has 0 bridgehead atoms. The van der Waals surface area contributed by atoms with Crippen molar-refractivity contribution in [3.05, 3.63) is 17.0 Å². The number of hydrogen-bond acceptors (Lipinski definition) is 4. The van der Waals surface area contributed by atoms with E-state index in [0.717, 1.165) is 0 Å². The number of urea groups is 1. The number of thiophene rings is 1. The Balaban J connectivity index is 2.57. The summed E-state index contributed by atoms with van der Waals surface area (Å²) in [4.78, 5) is 24.6. The highest BCUT2D eigenvalue weighted by Gasteiger charge is 2.21. The number of carbonyl (C=O) groups excluding carboxylic acids is 1. The Morgan fingerprint density at radius 1 is 1.42 bits per heavy atom. The van der Waals surface area contributed by atoms with Gasteiger partial charge in [-0.25, -0.2) is 9.59 Å². The van der Waals surface area contributed by atoms with E-state index in [4.69, 9.17) is 5.11 Å². The van der Waals surface area contributed by atoms with E-state index in [-0.39, 0.29) is 11.1 Å². The number of amides is 2. The highest BCUT2D eigenvalue weighted by atomic mass is 32.1. The molecule has 1 aromatic rings. The predicted molar refractivity (Wildman–Crippen MR) is 76.1 cm³/mol. The number of rotatable bonds is 5. The third-order valence-corrected chi connectivity index (χ3v) is 3.84. The van der Waals surface area contributed by atoms with E-state index < -0.39 is 12.0 Å². The summed E-state index contributed by atoms with van der Waals surface area (Å²) in [5.74, 6) is -1.05. The molecule has 0 atom stereocenters. The first-order chi connectivity index (χ1) is 8.74. The lowest BCUT2D eigenvalue weighted by atomic mass is 10.1. The van der Waals surface area contributed by atoms with E-state index in [0.29, 0.717) is 11.5 Å². The van der Waals surface area contributed by atoms with Crippen LogP contribution in [0, 0.1) is 0 Å². The number of carbonyl (C=O) groups is 2. The van der Waals surface area contributed by atoms with Crippen LogP contribution in [0.4, 0.5) is 9.80 Å². The molecule has 0 saturated heterocycles. The summed E-state index contributed by atoms with van der Waals surface area (Å²) in [5.41, 5.74) is -0.0744. The first-order valence-corrected chi connectivity index (χ1v) is 6.65. The van der Waals surface area contributed by atoms with Crippen molar-refractivity contribution < 1.29 is 14.7 Å². The van der Waals surface area contributed by atoms with Crippen molar-refractivity contribution in [1.82, 2.24) is 10.2 Å². The third kappa shape index (κ3) is 4.22. The number of nitrogens with one attached hydrogen (secondary N) is 2. The van der Waals surface area contributed by atoms with Gasteiger partial charge in [0.05, 0.1) is 5.56 Å². The Morgan fingerprint density at radius 3 is 2.58 bits per heavy atom. The smallest absolute Gasteiger partial charge is 0.338 e. The van der Waals surface area contributed by atoms with Gasteiger partial charge in [0.1, 0.15) is 5.00 Å². The molecule has 0 aliphatic rings. The Morgan fingerprint density at radius 2 is 2.05 bits per heavy atom. The predicted octanol–water partition coefficient (Wildman–Crippen LogP) is 1.91. The maximum Gasteiger partial charge on any atom is 0.338 e. The minimum Gasteiger partial charge on any atom is -0.478 e. The van der Waals surface area contributed by atoms with E-state index in [1.165, 1.54) is 17.4 Å². The summed E-state index contributed by atoms with van der Waals surface area (Å²) in [7, 11) is 3.86. The number of carboxylic acid groups (broad SMARTS) is 1. The largest absolute Gasteiger partial charge is 0.478 e. The molecule has 1 rings (SSSR count). The number of aromatic carboxylic acids is 1. The van der Waals surface area contributed by atoms with E-state index in [2.05, 4.69) is 10.6 Å². The zero-order valence-electron chi connectivity index (χ0n) is 11.5. The van der Waals surface area contributed by atoms with Crippen LogP contribution < -0.4 is 10.6 Å². The minimum absolute atomic E-state index is 0.104. The van der Waals surface area contributed by atoms with Crippen molar-refractivity contribution in [3.63, 3.8) is 0 Å². The summed E-state index contributed by atoms with van der Waals surface area (Å²) in [6.07, 6.45) is 0. The van der Waals surface area contributed by atoms with Crippen molar-refractivity contribution in [2.75, 3.05) is 26.0 Å². The third-order valence-electron chi connectivity index (χ3n) is 3.01. The van der Waals surface area contributed by atoms with Crippen molar-refractivity contribution in [2.45, 2.75) is 19.4 Å². The molecular formula is C12H19N3O3S. The number of anilines is 1. The molecule has 1 heterocycles. The molecule has 0 aliphatic carbocycles. The lowest BCUT2D eigenvalue weighted by Crippen LogP contribution is -2.49. The Labute approximate surface area is 116 Å². The molecule has 0 aliphatic heterocycles. The Hall–Kier alpha value is -1.60. The lowest BCUT2D eigenvalue weighted by Gasteiger charge is -2.32. The SMILES string of the molecule is CN(C)C(C)(C)CNC(=O)Nc1sccc1C(=O)O. The fourth-order valence-corrected chi connectivity index (χ4v) is 1.95. The summed E-state index contributed by atoms with van der Waals surface area (Å²) in [6, 6.07) is 1.06. The standard InChI is InChI=1S/C12H19N3O3S/c1-12(2,15(3)4)7-13-11(18)14-9-8(10(16)17)5-6-19-9/h5-6H,7H2,1-4H3,(H,16,17)(H2,13,14,18). The molecule has 0 spiro atoms. The summed E-state index contributed by atoms with van der Waals surface area (Å²) in [5, 5.41) is 16.2. The molecule has 7 heteroatoms. The molecule has 0 unspecified atom stereocenters. The molecule has 0 radical (unpaired) electrons. The van der Waals surface area contributed by atoms with Gasteiger partial charge in [-0.15, -0.1) is 11.3 Å². The number of carboxylic acids is 1. The second-order valence-corrected chi connectivity index (χ2v) is 5.90. The molecule has 2 amide bonds. The topological polar surface area (TPSA) is 81.7 Å². The fraction of sp³-hybridized carbons (Fsp3) is 0.500. The zero-order valence-corrected chi connectivity index (χ0v) is 12.3. The van der Waals surface area contributed by atoms with Crippen LogP contribution in [0.5, 0.6) is 0 Å². The normalized spacial score (nSPS) is 11.4. The summed E-state index contributed by atoms with van der Waals surface area (Å²) < 4.78 is 0. The number of hydrogen-bond donors (Lipinski definition) is 3. The van der Waals surface area contributed by atoms with Crippen molar-refractivity contribution >= 4 is 28.3 Å². The van der Waals surface area contributed by atoms with Gasteiger partial charge in [0, 0.05) is 12.1 Å². The number of nitrogens with zero attached hydrogens (tertiary/aromatic N) is 1. The molecule has 106 valence electrons. The second-order valence-electron chi connectivity index (χ2n) is 4.98. The zero-order chi connectivity index (χ0) is 14.6. The first kappa shape index (κ1) is 15.5. The molecular weight excluding hydrogens is 266 g/mol.